The van der Waals surface area contributed by atoms with Crippen molar-refractivity contribution in [1.82, 2.24) is 19.8 Å². The lowest BCUT2D eigenvalue weighted by Crippen LogP contribution is -2.63. The van der Waals surface area contributed by atoms with Gasteiger partial charge in [-0.25, -0.2) is 8.78 Å². The summed E-state index contributed by atoms with van der Waals surface area (Å²) in [5.41, 5.74) is 0.118. The summed E-state index contributed by atoms with van der Waals surface area (Å²) >= 11 is 6.56. The van der Waals surface area contributed by atoms with Gasteiger partial charge in [-0.3, -0.25) is 9.69 Å². The van der Waals surface area contributed by atoms with Crippen molar-refractivity contribution >= 4 is 45.0 Å². The van der Waals surface area contributed by atoms with Crippen LogP contribution in [0.4, 0.5) is 14.6 Å². The second-order valence-corrected chi connectivity index (χ2v) is 12.8. The van der Waals surface area contributed by atoms with Gasteiger partial charge in [-0.2, -0.15) is 9.97 Å². The van der Waals surface area contributed by atoms with Gasteiger partial charge >= 0.3 is 6.01 Å². The third-order valence-electron chi connectivity index (χ3n) is 10.3. The summed E-state index contributed by atoms with van der Waals surface area (Å²) in [4.78, 5) is 28.1. The number of anilines is 1. The first-order valence-corrected chi connectivity index (χ1v) is 15.7. The molecule has 4 saturated heterocycles. The standard InChI is InChI=1S/C34H32ClF2N5O2/c1-2-27(43)41-16-11-25-26(41)18-42(25)32-22-17-24(36)29(21-9-3-7-20-8-4-10-23(35)28(20)21)30(37)31(22)38-33(39-32)44-19-34-12-5-14-40(34)15-6-13-34/h2-4,7-10,17,25-26H,1,5-6,11-16,18-19H2/t25?,26-/m1/s1. The molecule has 3 aromatic carbocycles. The highest BCUT2D eigenvalue weighted by atomic mass is 35.5. The number of nitrogens with zero attached hydrogens (tertiary/aromatic N) is 5. The Kier molecular flexibility index (Phi) is 6.54. The quantitative estimate of drug-likeness (QED) is 0.235. The van der Waals surface area contributed by atoms with Gasteiger partial charge in [0.2, 0.25) is 5.91 Å². The Morgan fingerprint density at radius 3 is 2.64 bits per heavy atom. The van der Waals surface area contributed by atoms with Crippen molar-refractivity contribution in [2.75, 3.05) is 37.7 Å². The molecule has 7 nitrogen and oxygen atoms in total. The first-order chi connectivity index (χ1) is 21.4. The third-order valence-corrected chi connectivity index (χ3v) is 10.6. The van der Waals surface area contributed by atoms with Gasteiger partial charge in [0.1, 0.15) is 23.8 Å². The topological polar surface area (TPSA) is 61.8 Å². The van der Waals surface area contributed by atoms with Crippen molar-refractivity contribution in [3.63, 3.8) is 0 Å². The van der Waals surface area contributed by atoms with E-state index in [0.29, 0.717) is 41.5 Å². The summed E-state index contributed by atoms with van der Waals surface area (Å²) in [5.74, 6) is -1.19. The number of benzene rings is 3. The molecule has 8 rings (SSSR count). The number of hydrogen-bond acceptors (Lipinski definition) is 6. The van der Waals surface area contributed by atoms with Crippen molar-refractivity contribution in [3.05, 3.63) is 71.8 Å². The molecule has 0 saturated carbocycles. The number of amides is 1. The van der Waals surface area contributed by atoms with E-state index in [1.807, 2.05) is 28.0 Å². The number of rotatable bonds is 6. The minimum atomic E-state index is -0.783. The molecule has 226 valence electrons. The number of fused-ring (bicyclic) bond motifs is 4. The first kappa shape index (κ1) is 27.7. The molecule has 44 heavy (non-hydrogen) atoms. The van der Waals surface area contributed by atoms with E-state index in [-0.39, 0.29) is 46.0 Å². The van der Waals surface area contributed by atoms with E-state index < -0.39 is 11.6 Å². The molecular weight excluding hydrogens is 584 g/mol. The minimum absolute atomic E-state index is 0.00173. The van der Waals surface area contributed by atoms with Crippen LogP contribution in [-0.2, 0) is 4.79 Å². The highest BCUT2D eigenvalue weighted by Crippen LogP contribution is 2.44. The van der Waals surface area contributed by atoms with Crippen LogP contribution in [0.5, 0.6) is 6.01 Å². The Bertz CT molecular complexity index is 1840. The number of halogens is 3. The number of likely N-dealkylation sites (tertiary alicyclic amines) is 1. The monoisotopic (exact) mass is 615 g/mol. The molecule has 1 aromatic heterocycles. The Morgan fingerprint density at radius 1 is 1.09 bits per heavy atom. The van der Waals surface area contributed by atoms with Gasteiger partial charge in [-0.15, -0.1) is 0 Å². The molecule has 0 aliphatic carbocycles. The Balaban J connectivity index is 1.25. The summed E-state index contributed by atoms with van der Waals surface area (Å²) in [6, 6.07) is 12.1. The molecule has 4 aliphatic heterocycles. The third kappa shape index (κ3) is 4.12. The molecule has 4 aromatic rings. The van der Waals surface area contributed by atoms with Crippen LogP contribution < -0.4 is 9.64 Å². The zero-order chi connectivity index (χ0) is 30.2. The van der Waals surface area contributed by atoms with Crippen LogP contribution in [0.1, 0.15) is 32.1 Å². The SMILES string of the molecule is C=CC(=O)N1CCC2[C@H]1CN2c1nc(OCC23CCCN2CCC3)nc2c(F)c(-c3cccc4cccc(Cl)c34)c(F)cc12. The Hall–Kier alpha value is -3.82. The lowest BCUT2D eigenvalue weighted by Gasteiger charge is -2.47. The van der Waals surface area contributed by atoms with Crippen LogP contribution in [0, 0.1) is 11.6 Å². The van der Waals surface area contributed by atoms with Gasteiger partial charge in [0.15, 0.2) is 5.82 Å². The Labute approximate surface area is 259 Å². The number of hydrogen-bond donors (Lipinski definition) is 0. The van der Waals surface area contributed by atoms with Gasteiger partial charge in [-0.05, 0) is 74.4 Å². The van der Waals surface area contributed by atoms with E-state index in [4.69, 9.17) is 21.3 Å². The fourth-order valence-electron chi connectivity index (χ4n) is 8.11. The lowest BCUT2D eigenvalue weighted by atomic mass is 9.94. The molecule has 4 fully saturated rings. The average molecular weight is 616 g/mol. The van der Waals surface area contributed by atoms with Gasteiger partial charge in [0.05, 0.1) is 23.2 Å². The van der Waals surface area contributed by atoms with E-state index in [1.165, 1.54) is 12.1 Å². The molecule has 4 aliphatic rings. The maximum absolute atomic E-state index is 16.7. The molecule has 10 heteroatoms. The van der Waals surface area contributed by atoms with E-state index in [2.05, 4.69) is 16.5 Å². The van der Waals surface area contributed by atoms with Gasteiger partial charge in [0.25, 0.3) is 0 Å². The van der Waals surface area contributed by atoms with Crippen molar-refractivity contribution < 1.29 is 18.3 Å². The highest BCUT2D eigenvalue weighted by molar-refractivity contribution is 6.36. The average Bonchev–Trinajstić information content (AvgIpc) is 3.69. The van der Waals surface area contributed by atoms with Crippen molar-refractivity contribution in [2.45, 2.75) is 49.7 Å². The predicted molar refractivity (Wildman–Crippen MR) is 167 cm³/mol. The van der Waals surface area contributed by atoms with Gasteiger partial charge in [-0.1, -0.05) is 48.5 Å². The normalized spacial score (nSPS) is 22.3. The molecule has 1 unspecified atom stereocenters. The number of carbonyl (C=O) groups is 1. The molecular formula is C34H32ClF2N5O2. The molecule has 2 atom stereocenters. The predicted octanol–water partition coefficient (Wildman–Crippen LogP) is 6.36. The van der Waals surface area contributed by atoms with E-state index in [1.54, 1.807) is 18.2 Å². The molecule has 5 heterocycles. The second-order valence-electron chi connectivity index (χ2n) is 12.4. The molecule has 1 amide bonds. The molecule has 0 bridgehead atoms. The first-order valence-electron chi connectivity index (χ1n) is 15.3. The molecule has 0 radical (unpaired) electrons. The van der Waals surface area contributed by atoms with Crippen LogP contribution in [-0.4, -0.2) is 76.1 Å². The van der Waals surface area contributed by atoms with E-state index in [9.17, 15) is 4.79 Å². The van der Waals surface area contributed by atoms with E-state index >= 15 is 8.78 Å². The summed E-state index contributed by atoms with van der Waals surface area (Å²) in [6.45, 7) is 7.24. The van der Waals surface area contributed by atoms with E-state index in [0.717, 1.165) is 50.6 Å². The number of ether oxygens (including phenoxy) is 1. The van der Waals surface area contributed by atoms with Crippen LogP contribution in [0.2, 0.25) is 5.02 Å². The lowest BCUT2D eigenvalue weighted by molar-refractivity contribution is -0.127. The highest BCUT2D eigenvalue weighted by Gasteiger charge is 2.50. The van der Waals surface area contributed by atoms with Crippen molar-refractivity contribution in [3.8, 4) is 17.1 Å². The second kappa shape index (κ2) is 10.4. The number of aromatic nitrogens is 2. The molecule has 0 spiro atoms. The minimum Gasteiger partial charge on any atom is -0.461 e. The van der Waals surface area contributed by atoms with Crippen LogP contribution in [0.3, 0.4) is 0 Å². The zero-order valence-electron chi connectivity index (χ0n) is 24.2. The largest absolute Gasteiger partial charge is 0.461 e. The number of carbonyl (C=O) groups excluding carboxylic acids is 1. The maximum Gasteiger partial charge on any atom is 0.319 e. The maximum atomic E-state index is 16.7. The smallest absolute Gasteiger partial charge is 0.319 e. The fraction of sp³-hybridized carbons (Fsp3) is 0.382. The zero-order valence-corrected chi connectivity index (χ0v) is 25.0. The fourth-order valence-corrected chi connectivity index (χ4v) is 8.39. The van der Waals surface area contributed by atoms with Gasteiger partial charge in [0, 0.05) is 28.9 Å². The van der Waals surface area contributed by atoms with Crippen LogP contribution in [0.25, 0.3) is 32.8 Å². The Morgan fingerprint density at radius 2 is 1.86 bits per heavy atom. The van der Waals surface area contributed by atoms with Gasteiger partial charge < -0.3 is 14.5 Å². The van der Waals surface area contributed by atoms with Crippen molar-refractivity contribution in [2.24, 2.45) is 0 Å². The van der Waals surface area contributed by atoms with Crippen molar-refractivity contribution in [1.29, 1.82) is 0 Å². The van der Waals surface area contributed by atoms with Crippen LogP contribution >= 0.6 is 11.6 Å². The summed E-state index contributed by atoms with van der Waals surface area (Å²) in [5, 5.41) is 2.04. The van der Waals surface area contributed by atoms with Crippen LogP contribution in [0.15, 0.2) is 55.1 Å². The molecule has 0 N–H and O–H groups in total. The summed E-state index contributed by atoms with van der Waals surface area (Å²) in [7, 11) is 0. The summed E-state index contributed by atoms with van der Waals surface area (Å²) < 4.78 is 39.2. The summed E-state index contributed by atoms with van der Waals surface area (Å²) in [6.07, 6.45) is 6.38.